The van der Waals surface area contributed by atoms with Crippen molar-refractivity contribution in [3.05, 3.63) is 22.4 Å². The first-order valence-electron chi connectivity index (χ1n) is 9.78. The fourth-order valence-electron chi connectivity index (χ4n) is 4.42. The van der Waals surface area contributed by atoms with Crippen LogP contribution in [0.2, 0.25) is 0 Å². The molecule has 1 aromatic rings. The number of nitrogens with zero attached hydrogens (tertiary/aromatic N) is 3. The van der Waals surface area contributed by atoms with Crippen LogP contribution < -0.4 is 0 Å². The lowest BCUT2D eigenvalue weighted by molar-refractivity contribution is -0.216. The number of thiophene rings is 1. The molecule has 7 heteroatoms. The first-order chi connectivity index (χ1) is 12.7. The minimum absolute atomic E-state index is 0.0885. The Hall–Kier alpha value is -0.990. The van der Waals surface area contributed by atoms with Crippen LogP contribution in [-0.2, 0) is 20.9 Å². The van der Waals surface area contributed by atoms with Gasteiger partial charge in [-0.25, -0.2) is 5.06 Å². The third-order valence-electron chi connectivity index (χ3n) is 5.94. The highest BCUT2D eigenvalue weighted by atomic mass is 32.1. The van der Waals surface area contributed by atoms with E-state index in [-0.39, 0.29) is 17.6 Å². The Morgan fingerprint density at radius 3 is 2.88 bits per heavy atom. The van der Waals surface area contributed by atoms with E-state index in [1.165, 1.54) is 17.7 Å². The van der Waals surface area contributed by atoms with E-state index in [9.17, 15) is 4.79 Å². The van der Waals surface area contributed by atoms with Crippen molar-refractivity contribution in [1.82, 2.24) is 14.9 Å². The number of morpholine rings is 1. The highest BCUT2D eigenvalue weighted by molar-refractivity contribution is 7.09. The van der Waals surface area contributed by atoms with Crippen LogP contribution in [0.25, 0.3) is 0 Å². The standard InChI is InChI=1S/C19H27N3O3S/c23-18(22-6-2-7-25-22)17-11-24-19(14-21(17)9-15-4-5-15)12-20(13-19)10-16-3-1-8-26-16/h1,3,8,15,17H,2,4-7,9-14H2/t17-/m0/s1. The van der Waals surface area contributed by atoms with Gasteiger partial charge in [0.05, 0.1) is 19.8 Å². The van der Waals surface area contributed by atoms with Gasteiger partial charge in [0.25, 0.3) is 5.91 Å². The fourth-order valence-corrected chi connectivity index (χ4v) is 5.17. The lowest BCUT2D eigenvalue weighted by Crippen LogP contribution is -2.72. The minimum atomic E-state index is -0.175. The molecule has 6 nitrogen and oxygen atoms in total. The molecule has 0 aromatic carbocycles. The highest BCUT2D eigenvalue weighted by Gasteiger charge is 2.51. The molecule has 0 bridgehead atoms. The van der Waals surface area contributed by atoms with Crippen molar-refractivity contribution in [2.24, 2.45) is 5.92 Å². The lowest BCUT2D eigenvalue weighted by Gasteiger charge is -2.55. The van der Waals surface area contributed by atoms with E-state index in [0.29, 0.717) is 19.8 Å². The van der Waals surface area contributed by atoms with Gasteiger partial charge in [-0.05, 0) is 36.6 Å². The molecular formula is C19H27N3O3S. The second-order valence-corrected chi connectivity index (χ2v) is 9.27. The summed E-state index contributed by atoms with van der Waals surface area (Å²) in [5, 5.41) is 3.70. The number of hydroxylamine groups is 2. The molecule has 142 valence electrons. The van der Waals surface area contributed by atoms with E-state index in [1.54, 1.807) is 5.06 Å². The van der Waals surface area contributed by atoms with E-state index in [0.717, 1.165) is 45.1 Å². The predicted octanol–water partition coefficient (Wildman–Crippen LogP) is 1.58. The molecule has 3 saturated heterocycles. The van der Waals surface area contributed by atoms with Gasteiger partial charge in [-0.3, -0.25) is 19.4 Å². The number of ether oxygens (including phenoxy) is 1. The third-order valence-corrected chi connectivity index (χ3v) is 6.80. The smallest absolute Gasteiger partial charge is 0.265 e. The molecule has 4 fully saturated rings. The molecular weight excluding hydrogens is 350 g/mol. The number of amides is 1. The fraction of sp³-hybridized carbons (Fsp3) is 0.737. The predicted molar refractivity (Wildman–Crippen MR) is 98.6 cm³/mol. The van der Waals surface area contributed by atoms with E-state index < -0.39 is 0 Å². The van der Waals surface area contributed by atoms with Gasteiger partial charge in [-0.1, -0.05) is 6.07 Å². The molecule has 1 atom stereocenters. The Kier molecular flexibility index (Phi) is 4.53. The average molecular weight is 378 g/mol. The van der Waals surface area contributed by atoms with Crippen LogP contribution in [0.5, 0.6) is 0 Å². The van der Waals surface area contributed by atoms with Gasteiger partial charge in [0.1, 0.15) is 11.6 Å². The van der Waals surface area contributed by atoms with Gasteiger partial charge in [-0.2, -0.15) is 0 Å². The zero-order valence-corrected chi connectivity index (χ0v) is 16.0. The summed E-state index contributed by atoms with van der Waals surface area (Å²) in [5.74, 6) is 0.856. The Morgan fingerprint density at radius 2 is 2.19 bits per heavy atom. The SMILES string of the molecule is O=C([C@@H]1COC2(CN(Cc3cccs3)C2)CN1CC1CC1)N1CCCO1. The summed E-state index contributed by atoms with van der Waals surface area (Å²) < 4.78 is 6.29. The molecule has 1 amide bonds. The second kappa shape index (κ2) is 6.87. The van der Waals surface area contributed by atoms with E-state index in [4.69, 9.17) is 9.57 Å². The van der Waals surface area contributed by atoms with Gasteiger partial charge in [-0.15, -0.1) is 11.3 Å². The molecule has 0 radical (unpaired) electrons. The summed E-state index contributed by atoms with van der Waals surface area (Å²) in [7, 11) is 0. The maximum Gasteiger partial charge on any atom is 0.265 e. The van der Waals surface area contributed by atoms with Crippen LogP contribution in [0.4, 0.5) is 0 Å². The van der Waals surface area contributed by atoms with Gasteiger partial charge in [0, 0.05) is 37.6 Å². The van der Waals surface area contributed by atoms with Crippen molar-refractivity contribution in [3.63, 3.8) is 0 Å². The van der Waals surface area contributed by atoms with Crippen LogP contribution in [0.1, 0.15) is 24.1 Å². The first-order valence-corrected chi connectivity index (χ1v) is 10.7. The molecule has 1 spiro atoms. The van der Waals surface area contributed by atoms with Crippen molar-refractivity contribution >= 4 is 17.2 Å². The normalized spacial score (nSPS) is 29.2. The second-order valence-electron chi connectivity index (χ2n) is 8.23. The summed E-state index contributed by atoms with van der Waals surface area (Å²) >= 11 is 1.81. The molecule has 26 heavy (non-hydrogen) atoms. The summed E-state index contributed by atoms with van der Waals surface area (Å²) in [6.07, 6.45) is 3.54. The van der Waals surface area contributed by atoms with Crippen LogP contribution in [0.3, 0.4) is 0 Å². The molecule has 1 aliphatic carbocycles. The Labute approximate surface area is 158 Å². The van der Waals surface area contributed by atoms with Crippen LogP contribution in [0, 0.1) is 5.92 Å². The molecule has 4 heterocycles. The van der Waals surface area contributed by atoms with Crippen LogP contribution in [-0.4, -0.2) is 78.4 Å². The van der Waals surface area contributed by atoms with Gasteiger partial charge >= 0.3 is 0 Å². The van der Waals surface area contributed by atoms with E-state index in [2.05, 4.69) is 27.3 Å². The highest BCUT2D eigenvalue weighted by Crippen LogP contribution is 2.36. The first kappa shape index (κ1) is 17.1. The van der Waals surface area contributed by atoms with Gasteiger partial charge in [0.2, 0.25) is 0 Å². The Balaban J connectivity index is 1.22. The molecule has 0 unspecified atom stereocenters. The van der Waals surface area contributed by atoms with Crippen molar-refractivity contribution in [2.75, 3.05) is 45.9 Å². The van der Waals surface area contributed by atoms with Crippen molar-refractivity contribution in [3.8, 4) is 0 Å². The maximum atomic E-state index is 12.9. The Morgan fingerprint density at radius 1 is 1.31 bits per heavy atom. The van der Waals surface area contributed by atoms with Gasteiger partial charge in [0.15, 0.2) is 0 Å². The number of carbonyl (C=O) groups excluding carboxylic acids is 1. The number of hydrogen-bond donors (Lipinski definition) is 0. The van der Waals surface area contributed by atoms with Gasteiger partial charge < -0.3 is 4.74 Å². The van der Waals surface area contributed by atoms with Crippen LogP contribution >= 0.6 is 11.3 Å². The number of rotatable bonds is 5. The van der Waals surface area contributed by atoms with Crippen molar-refractivity contribution in [2.45, 2.75) is 37.5 Å². The van der Waals surface area contributed by atoms with E-state index in [1.807, 2.05) is 11.3 Å². The monoisotopic (exact) mass is 377 g/mol. The minimum Gasteiger partial charge on any atom is -0.369 e. The molecule has 3 aliphatic heterocycles. The topological polar surface area (TPSA) is 45.2 Å². The van der Waals surface area contributed by atoms with E-state index >= 15 is 0 Å². The van der Waals surface area contributed by atoms with Crippen LogP contribution in [0.15, 0.2) is 17.5 Å². The molecule has 4 aliphatic rings. The lowest BCUT2D eigenvalue weighted by atomic mass is 9.90. The zero-order valence-electron chi connectivity index (χ0n) is 15.1. The number of hydrogen-bond acceptors (Lipinski definition) is 6. The van der Waals surface area contributed by atoms with Crippen molar-refractivity contribution < 1.29 is 14.4 Å². The zero-order chi connectivity index (χ0) is 17.6. The molecule has 0 N–H and O–H groups in total. The number of likely N-dealkylation sites (tertiary alicyclic amines) is 1. The number of carbonyl (C=O) groups is 1. The Bertz CT molecular complexity index is 636. The summed E-state index contributed by atoms with van der Waals surface area (Å²) in [6.45, 7) is 6.71. The quantitative estimate of drug-likeness (QED) is 0.780. The molecule has 1 saturated carbocycles. The van der Waals surface area contributed by atoms with Crippen molar-refractivity contribution in [1.29, 1.82) is 0 Å². The third kappa shape index (κ3) is 3.43. The maximum absolute atomic E-state index is 12.9. The summed E-state index contributed by atoms with van der Waals surface area (Å²) in [6, 6.07) is 4.13. The summed E-state index contributed by atoms with van der Waals surface area (Å²) in [5.41, 5.74) is -0.0885. The largest absolute Gasteiger partial charge is 0.369 e. The summed E-state index contributed by atoms with van der Waals surface area (Å²) in [4.78, 5) is 24.6. The molecule has 1 aromatic heterocycles. The average Bonchev–Trinajstić information content (AvgIpc) is 3.08. The molecule has 5 rings (SSSR count).